The maximum Gasteiger partial charge on any atom is 0.251 e. The number of rotatable bonds is 2. The summed E-state index contributed by atoms with van der Waals surface area (Å²) in [5.41, 5.74) is 0.0171. The minimum Gasteiger partial charge on any atom is -0.356 e. The van der Waals surface area contributed by atoms with Crippen molar-refractivity contribution in [2.24, 2.45) is 5.41 Å². The minimum absolute atomic E-state index is 0.0154. The van der Waals surface area contributed by atoms with E-state index in [1.54, 1.807) is 6.07 Å². The Labute approximate surface area is 123 Å². The third-order valence-corrected chi connectivity index (χ3v) is 4.64. The van der Waals surface area contributed by atoms with E-state index in [4.69, 9.17) is 0 Å². The predicted octanol–water partition coefficient (Wildman–Crippen LogP) is 2.00. The van der Waals surface area contributed by atoms with Crippen molar-refractivity contribution in [1.82, 2.24) is 10.6 Å². The van der Waals surface area contributed by atoms with Crippen LogP contribution in [0.25, 0.3) is 0 Å². The molecule has 1 aliphatic heterocycles. The first-order valence-corrected chi connectivity index (χ1v) is 7.44. The van der Waals surface area contributed by atoms with Gasteiger partial charge in [-0.05, 0) is 43.9 Å². The average molecular weight is 290 g/mol. The van der Waals surface area contributed by atoms with Gasteiger partial charge in [0.2, 0.25) is 5.91 Å². The van der Waals surface area contributed by atoms with Crippen LogP contribution in [0.2, 0.25) is 0 Å². The van der Waals surface area contributed by atoms with Gasteiger partial charge in [0.1, 0.15) is 5.82 Å². The zero-order valence-corrected chi connectivity index (χ0v) is 11.8. The average Bonchev–Trinajstić information content (AvgIpc) is 2.80. The Balaban J connectivity index is 1.67. The number of hydrogen-bond acceptors (Lipinski definition) is 2. The second-order valence-corrected chi connectivity index (χ2v) is 6.06. The number of nitrogens with one attached hydrogen (secondary N) is 2. The largest absolute Gasteiger partial charge is 0.356 e. The van der Waals surface area contributed by atoms with Gasteiger partial charge in [-0.1, -0.05) is 12.5 Å². The Morgan fingerprint density at radius 3 is 2.95 bits per heavy atom. The fourth-order valence-electron chi connectivity index (χ4n) is 3.53. The van der Waals surface area contributed by atoms with Gasteiger partial charge in [0.15, 0.2) is 0 Å². The first-order chi connectivity index (χ1) is 10.1. The lowest BCUT2D eigenvalue weighted by Crippen LogP contribution is -2.45. The van der Waals surface area contributed by atoms with Crippen molar-refractivity contribution in [2.75, 3.05) is 6.54 Å². The minimum atomic E-state index is -0.419. The van der Waals surface area contributed by atoms with Crippen molar-refractivity contribution < 1.29 is 14.0 Å². The highest BCUT2D eigenvalue weighted by Gasteiger charge is 2.45. The Kier molecular flexibility index (Phi) is 3.66. The van der Waals surface area contributed by atoms with Crippen molar-refractivity contribution in [1.29, 1.82) is 0 Å². The highest BCUT2D eigenvalue weighted by molar-refractivity contribution is 5.94. The molecule has 1 spiro atoms. The van der Waals surface area contributed by atoms with Crippen molar-refractivity contribution in [3.63, 3.8) is 0 Å². The lowest BCUT2D eigenvalue weighted by molar-refractivity contribution is -0.129. The van der Waals surface area contributed by atoms with Crippen molar-refractivity contribution in [3.05, 3.63) is 35.6 Å². The molecule has 2 unspecified atom stereocenters. The number of carbonyl (C=O) groups is 2. The molecule has 0 bridgehead atoms. The molecular weight excluding hydrogens is 271 g/mol. The molecule has 1 saturated heterocycles. The monoisotopic (exact) mass is 290 g/mol. The van der Waals surface area contributed by atoms with Crippen LogP contribution in [0, 0.1) is 11.2 Å². The van der Waals surface area contributed by atoms with E-state index in [2.05, 4.69) is 10.6 Å². The van der Waals surface area contributed by atoms with Crippen LogP contribution >= 0.6 is 0 Å². The Hall–Kier alpha value is -1.91. The van der Waals surface area contributed by atoms with Gasteiger partial charge in [0, 0.05) is 18.2 Å². The molecule has 5 heteroatoms. The molecular formula is C16H19FN2O2. The molecule has 1 saturated carbocycles. The molecule has 1 aliphatic carbocycles. The lowest BCUT2D eigenvalue weighted by atomic mass is 9.71. The van der Waals surface area contributed by atoms with Crippen molar-refractivity contribution in [3.8, 4) is 0 Å². The summed E-state index contributed by atoms with van der Waals surface area (Å²) in [7, 11) is 0. The van der Waals surface area contributed by atoms with Crippen LogP contribution in [0.5, 0.6) is 0 Å². The van der Waals surface area contributed by atoms with Crippen LogP contribution in [0.4, 0.5) is 4.39 Å². The summed E-state index contributed by atoms with van der Waals surface area (Å²) < 4.78 is 13.2. The van der Waals surface area contributed by atoms with Crippen LogP contribution in [0.1, 0.15) is 42.5 Å². The van der Waals surface area contributed by atoms with E-state index in [0.29, 0.717) is 12.0 Å². The van der Waals surface area contributed by atoms with E-state index in [1.807, 2.05) is 0 Å². The topological polar surface area (TPSA) is 58.2 Å². The molecule has 0 radical (unpaired) electrons. The fraction of sp³-hybridized carbons (Fsp3) is 0.500. The SMILES string of the molecule is O=C(NC1CCCC2(CCNC2=O)C1)c1cccc(F)c1. The molecule has 1 aromatic rings. The summed E-state index contributed by atoms with van der Waals surface area (Å²) >= 11 is 0. The molecule has 4 nitrogen and oxygen atoms in total. The normalized spacial score (nSPS) is 28.4. The van der Waals surface area contributed by atoms with E-state index in [1.165, 1.54) is 18.2 Å². The smallest absolute Gasteiger partial charge is 0.251 e. The second-order valence-electron chi connectivity index (χ2n) is 6.06. The van der Waals surface area contributed by atoms with Gasteiger partial charge in [-0.2, -0.15) is 0 Å². The highest BCUT2D eigenvalue weighted by Crippen LogP contribution is 2.41. The second kappa shape index (κ2) is 5.47. The van der Waals surface area contributed by atoms with Gasteiger partial charge >= 0.3 is 0 Å². The van der Waals surface area contributed by atoms with Crippen LogP contribution in [-0.4, -0.2) is 24.4 Å². The molecule has 2 fully saturated rings. The molecule has 21 heavy (non-hydrogen) atoms. The van der Waals surface area contributed by atoms with E-state index < -0.39 is 5.82 Å². The number of halogens is 1. The first kappa shape index (κ1) is 14.0. The molecule has 112 valence electrons. The van der Waals surface area contributed by atoms with Crippen LogP contribution < -0.4 is 10.6 Å². The maximum atomic E-state index is 13.2. The summed E-state index contributed by atoms with van der Waals surface area (Å²) in [6, 6.07) is 5.65. The summed E-state index contributed by atoms with van der Waals surface area (Å²) in [5.74, 6) is -0.569. The van der Waals surface area contributed by atoms with E-state index in [9.17, 15) is 14.0 Å². The fourth-order valence-corrected chi connectivity index (χ4v) is 3.53. The standard InChI is InChI=1S/C16H19FN2O2/c17-12-4-1-3-11(9-12)14(20)19-13-5-2-6-16(10-13)7-8-18-15(16)21/h1,3-4,9,13H,2,5-8,10H2,(H,18,21)(H,19,20). The van der Waals surface area contributed by atoms with Gasteiger partial charge < -0.3 is 10.6 Å². The predicted molar refractivity (Wildman–Crippen MR) is 76.2 cm³/mol. The third-order valence-electron chi connectivity index (χ3n) is 4.64. The summed E-state index contributed by atoms with van der Waals surface area (Å²) in [5, 5.41) is 5.84. The van der Waals surface area contributed by atoms with E-state index in [0.717, 1.165) is 32.2 Å². The molecule has 0 aromatic heterocycles. The van der Waals surface area contributed by atoms with Gasteiger partial charge in [-0.25, -0.2) is 4.39 Å². The Morgan fingerprint density at radius 1 is 1.38 bits per heavy atom. The number of amides is 2. The molecule has 2 atom stereocenters. The summed E-state index contributed by atoms with van der Waals surface area (Å²) in [6.07, 6.45) is 4.22. The van der Waals surface area contributed by atoms with Crippen molar-refractivity contribution >= 4 is 11.8 Å². The summed E-state index contributed by atoms with van der Waals surface area (Å²) in [4.78, 5) is 24.2. The van der Waals surface area contributed by atoms with Gasteiger partial charge in [0.05, 0.1) is 5.41 Å². The quantitative estimate of drug-likeness (QED) is 0.875. The lowest BCUT2D eigenvalue weighted by Gasteiger charge is -2.36. The Morgan fingerprint density at radius 2 is 2.24 bits per heavy atom. The van der Waals surface area contributed by atoms with Gasteiger partial charge in [-0.3, -0.25) is 9.59 Å². The first-order valence-electron chi connectivity index (χ1n) is 7.44. The summed E-state index contributed by atoms with van der Waals surface area (Å²) in [6.45, 7) is 0.726. The molecule has 1 heterocycles. The van der Waals surface area contributed by atoms with Crippen molar-refractivity contribution in [2.45, 2.75) is 38.1 Å². The third kappa shape index (κ3) is 2.77. The number of benzene rings is 1. The highest BCUT2D eigenvalue weighted by atomic mass is 19.1. The van der Waals surface area contributed by atoms with Crippen LogP contribution in [-0.2, 0) is 4.79 Å². The van der Waals surface area contributed by atoms with Crippen LogP contribution in [0.15, 0.2) is 24.3 Å². The van der Waals surface area contributed by atoms with E-state index >= 15 is 0 Å². The molecule has 3 rings (SSSR count). The zero-order chi connectivity index (χ0) is 14.9. The number of carbonyl (C=O) groups excluding carboxylic acids is 2. The molecule has 2 amide bonds. The van der Waals surface area contributed by atoms with Gasteiger partial charge in [-0.15, -0.1) is 0 Å². The Bertz CT molecular complexity index is 575. The molecule has 2 N–H and O–H groups in total. The van der Waals surface area contributed by atoms with Crippen LogP contribution in [0.3, 0.4) is 0 Å². The number of hydrogen-bond donors (Lipinski definition) is 2. The molecule has 2 aliphatic rings. The van der Waals surface area contributed by atoms with Gasteiger partial charge in [0.25, 0.3) is 5.91 Å². The maximum absolute atomic E-state index is 13.2. The zero-order valence-electron chi connectivity index (χ0n) is 11.8. The molecule has 1 aromatic carbocycles. The van der Waals surface area contributed by atoms with E-state index in [-0.39, 0.29) is 23.3 Å².